The van der Waals surface area contributed by atoms with Gasteiger partial charge in [0.25, 0.3) is 5.91 Å². The fourth-order valence-electron chi connectivity index (χ4n) is 4.00. The molecule has 0 aliphatic carbocycles. The quantitative estimate of drug-likeness (QED) is 0.639. The van der Waals surface area contributed by atoms with Gasteiger partial charge in [0.05, 0.1) is 11.9 Å². The Kier molecular flexibility index (Phi) is 6.01. The zero-order valence-electron chi connectivity index (χ0n) is 16.9. The Bertz CT molecular complexity index is 917. The molecule has 0 radical (unpaired) electrons. The Hall–Kier alpha value is -2.98. The molecule has 4 nitrogen and oxygen atoms in total. The second-order valence-corrected chi connectivity index (χ2v) is 7.75. The predicted octanol–water partition coefficient (Wildman–Crippen LogP) is 4.70. The molecule has 4 heteroatoms. The van der Waals surface area contributed by atoms with Crippen molar-refractivity contribution in [1.82, 2.24) is 9.88 Å². The number of aromatic nitrogens is 1. The molecule has 0 saturated carbocycles. The fraction of sp³-hybridized carbons (Fsp3) is 0.280. The lowest BCUT2D eigenvalue weighted by atomic mass is 10.00. The number of nitrogens with zero attached hydrogens (tertiary/aromatic N) is 3. The van der Waals surface area contributed by atoms with E-state index in [1.807, 2.05) is 48.2 Å². The van der Waals surface area contributed by atoms with E-state index in [1.165, 1.54) is 5.56 Å². The van der Waals surface area contributed by atoms with Crippen LogP contribution in [0.25, 0.3) is 0 Å². The number of carbonyl (C=O) groups excluding carboxylic acids is 1. The van der Waals surface area contributed by atoms with Crippen molar-refractivity contribution in [2.45, 2.75) is 32.4 Å². The number of anilines is 1. The van der Waals surface area contributed by atoms with Gasteiger partial charge in [-0.25, -0.2) is 0 Å². The number of amides is 1. The van der Waals surface area contributed by atoms with E-state index in [-0.39, 0.29) is 11.9 Å². The summed E-state index contributed by atoms with van der Waals surface area (Å²) in [4.78, 5) is 22.1. The summed E-state index contributed by atoms with van der Waals surface area (Å²) in [5.41, 5.74) is 4.10. The van der Waals surface area contributed by atoms with E-state index in [4.69, 9.17) is 0 Å². The summed E-state index contributed by atoms with van der Waals surface area (Å²) in [6, 6.07) is 22.5. The number of hydrogen-bond donors (Lipinski definition) is 0. The predicted molar refractivity (Wildman–Crippen MR) is 117 cm³/mol. The minimum absolute atomic E-state index is 0.0551. The number of benzene rings is 2. The highest BCUT2D eigenvalue weighted by atomic mass is 16.2. The summed E-state index contributed by atoms with van der Waals surface area (Å²) in [5.74, 6) is 0.0551. The van der Waals surface area contributed by atoms with E-state index >= 15 is 0 Å². The van der Waals surface area contributed by atoms with Crippen molar-refractivity contribution in [2.75, 3.05) is 18.0 Å². The average molecular weight is 386 g/mol. The Morgan fingerprint density at radius 2 is 1.72 bits per heavy atom. The van der Waals surface area contributed by atoms with Crippen LogP contribution in [0.3, 0.4) is 0 Å². The van der Waals surface area contributed by atoms with E-state index in [2.05, 4.69) is 40.2 Å². The van der Waals surface area contributed by atoms with Crippen molar-refractivity contribution < 1.29 is 4.79 Å². The van der Waals surface area contributed by atoms with Crippen LogP contribution in [0.15, 0.2) is 79.1 Å². The van der Waals surface area contributed by atoms with Gasteiger partial charge in [-0.2, -0.15) is 0 Å². The maximum atomic E-state index is 13.4. The van der Waals surface area contributed by atoms with Crippen LogP contribution in [0.5, 0.6) is 0 Å². The summed E-state index contributed by atoms with van der Waals surface area (Å²) < 4.78 is 0. The van der Waals surface area contributed by atoms with Crippen LogP contribution in [-0.2, 0) is 6.54 Å². The Balaban J connectivity index is 1.50. The first kappa shape index (κ1) is 19.3. The molecule has 4 rings (SSSR count). The third-order valence-electron chi connectivity index (χ3n) is 5.61. The molecule has 1 aromatic heterocycles. The van der Waals surface area contributed by atoms with Crippen molar-refractivity contribution in [1.29, 1.82) is 0 Å². The van der Waals surface area contributed by atoms with Crippen molar-refractivity contribution in [3.63, 3.8) is 0 Å². The zero-order valence-corrected chi connectivity index (χ0v) is 16.9. The zero-order chi connectivity index (χ0) is 20.1. The van der Waals surface area contributed by atoms with Gasteiger partial charge in [-0.3, -0.25) is 14.7 Å². The highest BCUT2D eigenvalue weighted by Gasteiger charge is 2.30. The smallest absolute Gasteiger partial charge is 0.258 e. The molecule has 1 aliphatic rings. The van der Waals surface area contributed by atoms with Gasteiger partial charge < -0.3 is 4.90 Å². The van der Waals surface area contributed by atoms with Gasteiger partial charge >= 0.3 is 0 Å². The summed E-state index contributed by atoms with van der Waals surface area (Å²) in [6.45, 7) is 4.97. The van der Waals surface area contributed by atoms with E-state index < -0.39 is 0 Å². The monoisotopic (exact) mass is 385 g/mol. The number of pyridine rings is 1. The molecule has 0 atom stereocenters. The first-order valence-corrected chi connectivity index (χ1v) is 10.3. The molecular formula is C25H27N3O. The summed E-state index contributed by atoms with van der Waals surface area (Å²) >= 11 is 0. The molecule has 3 aromatic rings. The molecule has 0 bridgehead atoms. The highest BCUT2D eigenvalue weighted by molar-refractivity contribution is 6.06. The maximum Gasteiger partial charge on any atom is 0.258 e. The van der Waals surface area contributed by atoms with E-state index in [9.17, 15) is 4.79 Å². The minimum atomic E-state index is 0.0551. The second-order valence-electron chi connectivity index (χ2n) is 7.75. The summed E-state index contributed by atoms with van der Waals surface area (Å²) in [7, 11) is 0. The van der Waals surface area contributed by atoms with Crippen molar-refractivity contribution in [3.05, 3.63) is 95.8 Å². The fourth-order valence-corrected chi connectivity index (χ4v) is 4.00. The van der Waals surface area contributed by atoms with Crippen LogP contribution in [-0.4, -0.2) is 34.9 Å². The Morgan fingerprint density at radius 1 is 1.00 bits per heavy atom. The minimum Gasteiger partial charge on any atom is -0.304 e. The van der Waals surface area contributed by atoms with Gasteiger partial charge in [0.15, 0.2) is 0 Å². The van der Waals surface area contributed by atoms with Gasteiger partial charge in [0, 0.05) is 37.4 Å². The topological polar surface area (TPSA) is 36.4 Å². The van der Waals surface area contributed by atoms with Crippen LogP contribution in [0.2, 0.25) is 0 Å². The third-order valence-corrected chi connectivity index (χ3v) is 5.61. The summed E-state index contributed by atoms with van der Waals surface area (Å²) in [6.07, 6.45) is 5.46. The van der Waals surface area contributed by atoms with E-state index in [0.717, 1.165) is 49.3 Å². The normalized spacial score (nSPS) is 15.2. The Morgan fingerprint density at radius 3 is 2.38 bits per heavy atom. The maximum absolute atomic E-state index is 13.4. The Labute approximate surface area is 172 Å². The standard InChI is InChI=1S/C25H27N3O/c1-20-9-11-22(12-10-20)25(29)28(24-8-5-15-26-18-24)23-13-16-27(17-14-23)19-21-6-3-2-4-7-21/h2-12,15,18,23H,13-14,16-17,19H2,1H3. The van der Waals surface area contributed by atoms with Crippen molar-refractivity contribution >= 4 is 11.6 Å². The van der Waals surface area contributed by atoms with Gasteiger partial charge in [0.1, 0.15) is 0 Å². The molecule has 148 valence electrons. The van der Waals surface area contributed by atoms with E-state index in [1.54, 1.807) is 12.4 Å². The number of aryl methyl sites for hydroxylation is 1. The first-order valence-electron chi connectivity index (χ1n) is 10.3. The lowest BCUT2D eigenvalue weighted by Gasteiger charge is -2.38. The molecule has 1 fully saturated rings. The lowest BCUT2D eigenvalue weighted by Crippen LogP contribution is -2.47. The van der Waals surface area contributed by atoms with Crippen LogP contribution >= 0.6 is 0 Å². The van der Waals surface area contributed by atoms with Gasteiger partial charge in [-0.05, 0) is 49.6 Å². The van der Waals surface area contributed by atoms with Crippen molar-refractivity contribution in [3.8, 4) is 0 Å². The molecule has 29 heavy (non-hydrogen) atoms. The SMILES string of the molecule is Cc1ccc(C(=O)N(c2cccnc2)C2CCN(Cc3ccccc3)CC2)cc1. The largest absolute Gasteiger partial charge is 0.304 e. The highest BCUT2D eigenvalue weighted by Crippen LogP contribution is 2.26. The number of hydrogen-bond acceptors (Lipinski definition) is 3. The van der Waals surface area contributed by atoms with Crippen LogP contribution < -0.4 is 4.90 Å². The molecule has 1 saturated heterocycles. The molecular weight excluding hydrogens is 358 g/mol. The number of piperidine rings is 1. The van der Waals surface area contributed by atoms with Crippen LogP contribution in [0, 0.1) is 6.92 Å². The summed E-state index contributed by atoms with van der Waals surface area (Å²) in [5, 5.41) is 0. The van der Waals surface area contributed by atoms with Gasteiger partial charge in [0.2, 0.25) is 0 Å². The average Bonchev–Trinajstić information content (AvgIpc) is 2.77. The molecule has 0 N–H and O–H groups in total. The van der Waals surface area contributed by atoms with Crippen LogP contribution in [0.1, 0.15) is 34.3 Å². The first-order chi connectivity index (χ1) is 14.2. The van der Waals surface area contributed by atoms with Crippen LogP contribution in [0.4, 0.5) is 5.69 Å². The number of carbonyl (C=O) groups is 1. The third kappa shape index (κ3) is 4.72. The molecule has 2 aromatic carbocycles. The molecule has 0 unspecified atom stereocenters. The molecule has 2 heterocycles. The number of likely N-dealkylation sites (tertiary alicyclic amines) is 1. The van der Waals surface area contributed by atoms with E-state index in [0.29, 0.717) is 0 Å². The lowest BCUT2D eigenvalue weighted by molar-refractivity contribution is 0.0958. The van der Waals surface area contributed by atoms with Gasteiger partial charge in [-0.1, -0.05) is 48.0 Å². The molecule has 0 spiro atoms. The second kappa shape index (κ2) is 9.01. The van der Waals surface area contributed by atoms with Gasteiger partial charge in [-0.15, -0.1) is 0 Å². The molecule has 1 amide bonds. The van der Waals surface area contributed by atoms with Crippen molar-refractivity contribution in [2.24, 2.45) is 0 Å². The molecule has 1 aliphatic heterocycles. The number of rotatable bonds is 5.